The van der Waals surface area contributed by atoms with Gasteiger partial charge in [0.1, 0.15) is 5.75 Å². The maximum Gasteiger partial charge on any atom is 0.417 e. The largest absolute Gasteiger partial charge is 0.494 e. The van der Waals surface area contributed by atoms with Crippen molar-refractivity contribution in [1.82, 2.24) is 10.3 Å². The predicted octanol–water partition coefficient (Wildman–Crippen LogP) is 6.06. The maximum atomic E-state index is 13.2. The van der Waals surface area contributed by atoms with Gasteiger partial charge in [0.15, 0.2) is 5.60 Å². The van der Waals surface area contributed by atoms with E-state index in [0.717, 1.165) is 29.0 Å². The molecule has 2 aromatic carbocycles. The lowest BCUT2D eigenvalue weighted by Gasteiger charge is -2.30. The predicted molar refractivity (Wildman–Crippen MR) is 137 cm³/mol. The van der Waals surface area contributed by atoms with Crippen LogP contribution < -0.4 is 14.8 Å². The van der Waals surface area contributed by atoms with E-state index in [4.69, 9.17) is 9.47 Å². The average Bonchev–Trinajstić information content (AvgIpc) is 2.88. The zero-order valence-corrected chi connectivity index (χ0v) is 21.7. The number of amides is 1. The fraction of sp³-hybridized carbons (Fsp3) is 0.345. The van der Waals surface area contributed by atoms with E-state index in [2.05, 4.69) is 16.4 Å². The summed E-state index contributed by atoms with van der Waals surface area (Å²) in [6.45, 7) is 7.38. The fourth-order valence-electron chi connectivity index (χ4n) is 3.96. The monoisotopic (exact) mass is 525 g/mol. The van der Waals surface area contributed by atoms with E-state index in [1.165, 1.54) is 13.8 Å². The van der Waals surface area contributed by atoms with Gasteiger partial charge in [0.05, 0.1) is 23.8 Å². The molecule has 1 heterocycles. The standard InChI is InChI=1S/C29H30F3N3O3/c1-5-37-24-12-9-20(10-13-24)16-25(22-8-6-7-21(15-22)17-33)19(2)35-27(36)28(3,4)38-26-14-11-23(18-34-26)29(30,31)32/h6-15,18-19,25H,5,16H2,1-4H3,(H,35,36). The third-order valence-electron chi connectivity index (χ3n) is 6.07. The number of rotatable bonds is 10. The molecule has 6 nitrogen and oxygen atoms in total. The van der Waals surface area contributed by atoms with E-state index in [-0.39, 0.29) is 17.8 Å². The molecule has 200 valence electrons. The molecule has 9 heteroatoms. The summed E-state index contributed by atoms with van der Waals surface area (Å²) >= 11 is 0. The van der Waals surface area contributed by atoms with Gasteiger partial charge in [-0.15, -0.1) is 0 Å². The molecular weight excluding hydrogens is 495 g/mol. The molecule has 1 amide bonds. The Hall–Kier alpha value is -4.06. The number of carbonyl (C=O) groups excluding carboxylic acids is 1. The van der Waals surface area contributed by atoms with Crippen LogP contribution >= 0.6 is 0 Å². The molecule has 0 bridgehead atoms. The normalized spacial score (nSPS) is 13.2. The molecule has 2 unspecified atom stereocenters. The molecule has 0 saturated carbocycles. The summed E-state index contributed by atoms with van der Waals surface area (Å²) in [6, 6.07) is 18.6. The Kier molecular flexibility index (Phi) is 9.00. The zero-order chi connectivity index (χ0) is 27.9. The minimum absolute atomic E-state index is 0.0986. The first kappa shape index (κ1) is 28.5. The molecule has 3 aromatic rings. The highest BCUT2D eigenvalue weighted by molar-refractivity contribution is 5.85. The summed E-state index contributed by atoms with van der Waals surface area (Å²) in [6.07, 6.45) is -3.28. The van der Waals surface area contributed by atoms with Crippen molar-refractivity contribution in [3.05, 3.63) is 89.1 Å². The third kappa shape index (κ3) is 7.48. The fourth-order valence-corrected chi connectivity index (χ4v) is 3.96. The molecule has 1 N–H and O–H groups in total. The van der Waals surface area contributed by atoms with Gasteiger partial charge in [0.25, 0.3) is 5.91 Å². The first-order valence-corrected chi connectivity index (χ1v) is 12.2. The van der Waals surface area contributed by atoms with E-state index in [0.29, 0.717) is 24.8 Å². The van der Waals surface area contributed by atoms with Crippen molar-refractivity contribution in [1.29, 1.82) is 5.26 Å². The maximum absolute atomic E-state index is 13.2. The number of hydrogen-bond donors (Lipinski definition) is 1. The van der Waals surface area contributed by atoms with Crippen LogP contribution in [0.2, 0.25) is 0 Å². The average molecular weight is 526 g/mol. The van der Waals surface area contributed by atoms with Crippen LogP contribution in [-0.4, -0.2) is 29.1 Å². The third-order valence-corrected chi connectivity index (χ3v) is 6.07. The van der Waals surface area contributed by atoms with Crippen molar-refractivity contribution in [2.75, 3.05) is 6.61 Å². The van der Waals surface area contributed by atoms with Crippen LogP contribution in [-0.2, 0) is 17.4 Å². The van der Waals surface area contributed by atoms with Gasteiger partial charge in [0, 0.05) is 24.2 Å². The molecule has 0 aliphatic heterocycles. The van der Waals surface area contributed by atoms with Gasteiger partial charge in [-0.3, -0.25) is 4.79 Å². The number of pyridine rings is 1. The second kappa shape index (κ2) is 12.0. The molecule has 0 fully saturated rings. The van der Waals surface area contributed by atoms with Crippen LogP contribution in [0.15, 0.2) is 66.9 Å². The van der Waals surface area contributed by atoms with E-state index in [1.807, 2.05) is 44.2 Å². The molecule has 0 saturated heterocycles. The summed E-state index contributed by atoms with van der Waals surface area (Å²) in [5.41, 5.74) is 0.0895. The number of nitrogens with one attached hydrogen (secondary N) is 1. The number of benzene rings is 2. The topological polar surface area (TPSA) is 84.2 Å². The Morgan fingerprint density at radius 2 is 1.82 bits per heavy atom. The Morgan fingerprint density at radius 1 is 1.11 bits per heavy atom. The van der Waals surface area contributed by atoms with Crippen molar-refractivity contribution in [2.24, 2.45) is 0 Å². The lowest BCUT2D eigenvalue weighted by molar-refractivity contribution is -0.138. The van der Waals surface area contributed by atoms with Gasteiger partial charge in [-0.1, -0.05) is 24.3 Å². The molecule has 2 atom stereocenters. The summed E-state index contributed by atoms with van der Waals surface area (Å²) in [5, 5.41) is 12.4. The number of halogens is 3. The van der Waals surface area contributed by atoms with Crippen LogP contribution in [0.25, 0.3) is 0 Å². The number of ether oxygens (including phenoxy) is 2. The van der Waals surface area contributed by atoms with Crippen molar-refractivity contribution in [3.8, 4) is 17.7 Å². The van der Waals surface area contributed by atoms with Crippen LogP contribution in [0, 0.1) is 11.3 Å². The number of carbonyl (C=O) groups is 1. The summed E-state index contributed by atoms with van der Waals surface area (Å²) in [7, 11) is 0. The molecule has 38 heavy (non-hydrogen) atoms. The van der Waals surface area contributed by atoms with Crippen LogP contribution in [0.3, 0.4) is 0 Å². The SMILES string of the molecule is CCOc1ccc(CC(c2cccc(C#N)c2)C(C)NC(=O)C(C)(C)Oc2ccc(C(F)(F)F)cn2)cc1. The Balaban J connectivity index is 1.79. The van der Waals surface area contributed by atoms with Crippen LogP contribution in [0.1, 0.15) is 55.9 Å². The first-order valence-electron chi connectivity index (χ1n) is 12.2. The smallest absolute Gasteiger partial charge is 0.417 e. The van der Waals surface area contributed by atoms with Crippen LogP contribution in [0.4, 0.5) is 13.2 Å². The van der Waals surface area contributed by atoms with Crippen molar-refractivity contribution in [2.45, 2.75) is 57.9 Å². The van der Waals surface area contributed by atoms with Gasteiger partial charge < -0.3 is 14.8 Å². The summed E-state index contributed by atoms with van der Waals surface area (Å²) < 4.78 is 49.7. The molecule has 3 rings (SSSR count). The molecule has 0 spiro atoms. The lowest BCUT2D eigenvalue weighted by atomic mass is 9.85. The first-order chi connectivity index (χ1) is 17.9. The van der Waals surface area contributed by atoms with Gasteiger partial charge in [-0.2, -0.15) is 18.4 Å². The minimum Gasteiger partial charge on any atom is -0.494 e. The highest BCUT2D eigenvalue weighted by atomic mass is 19.4. The number of hydrogen-bond acceptors (Lipinski definition) is 5. The zero-order valence-electron chi connectivity index (χ0n) is 21.7. The Labute approximate surface area is 220 Å². The van der Waals surface area contributed by atoms with E-state index in [9.17, 15) is 23.2 Å². The van der Waals surface area contributed by atoms with E-state index < -0.39 is 23.2 Å². The highest BCUT2D eigenvalue weighted by Gasteiger charge is 2.34. The second-order valence-electron chi connectivity index (χ2n) is 9.38. The quantitative estimate of drug-likeness (QED) is 0.348. The molecular formula is C29H30F3N3O3. The van der Waals surface area contributed by atoms with E-state index in [1.54, 1.807) is 18.2 Å². The van der Waals surface area contributed by atoms with Gasteiger partial charge in [-0.25, -0.2) is 4.98 Å². The molecule has 1 aromatic heterocycles. The number of aromatic nitrogens is 1. The van der Waals surface area contributed by atoms with Crippen molar-refractivity contribution in [3.63, 3.8) is 0 Å². The minimum atomic E-state index is -4.52. The van der Waals surface area contributed by atoms with E-state index >= 15 is 0 Å². The lowest BCUT2D eigenvalue weighted by Crippen LogP contribution is -2.51. The summed E-state index contributed by atoms with van der Waals surface area (Å²) in [4.78, 5) is 16.9. The number of alkyl halides is 3. The Morgan fingerprint density at radius 3 is 2.39 bits per heavy atom. The van der Waals surface area contributed by atoms with Gasteiger partial charge >= 0.3 is 6.18 Å². The van der Waals surface area contributed by atoms with Gasteiger partial charge in [0.2, 0.25) is 5.88 Å². The second-order valence-corrected chi connectivity index (χ2v) is 9.38. The summed E-state index contributed by atoms with van der Waals surface area (Å²) in [5.74, 6) is 0.0138. The number of nitriles is 1. The molecule has 0 aliphatic carbocycles. The van der Waals surface area contributed by atoms with Crippen molar-refractivity contribution >= 4 is 5.91 Å². The molecule has 0 radical (unpaired) electrons. The Bertz CT molecular complexity index is 1270. The van der Waals surface area contributed by atoms with Crippen LogP contribution in [0.5, 0.6) is 11.6 Å². The van der Waals surface area contributed by atoms with Gasteiger partial charge in [-0.05, 0) is 75.6 Å². The number of nitrogens with zero attached hydrogens (tertiary/aromatic N) is 2. The molecule has 0 aliphatic rings. The van der Waals surface area contributed by atoms with Crippen molar-refractivity contribution < 1.29 is 27.4 Å². The highest BCUT2D eigenvalue weighted by Crippen LogP contribution is 2.30.